The standard InChI is InChI=1S/C15H21N5/c1-2-12-9-20(6-5-17-12)8-11-3-4-13-14(7-11)18-10-19-15(13)16/h3-4,7,10,12,17H,2,5-6,8-9H2,1H3,(H2,16,18,19). The summed E-state index contributed by atoms with van der Waals surface area (Å²) >= 11 is 0. The summed E-state index contributed by atoms with van der Waals surface area (Å²) in [5, 5.41) is 4.48. The van der Waals surface area contributed by atoms with Crippen molar-refractivity contribution in [2.24, 2.45) is 0 Å². The van der Waals surface area contributed by atoms with E-state index in [9.17, 15) is 0 Å². The number of fused-ring (bicyclic) bond motifs is 1. The van der Waals surface area contributed by atoms with Crippen LogP contribution in [0.4, 0.5) is 5.82 Å². The highest BCUT2D eigenvalue weighted by atomic mass is 15.2. The number of benzene rings is 1. The van der Waals surface area contributed by atoms with Gasteiger partial charge in [0.15, 0.2) is 0 Å². The molecule has 1 aromatic carbocycles. The molecule has 106 valence electrons. The molecule has 0 amide bonds. The van der Waals surface area contributed by atoms with Crippen LogP contribution in [0.25, 0.3) is 10.9 Å². The first-order valence-electron chi connectivity index (χ1n) is 7.21. The lowest BCUT2D eigenvalue weighted by molar-refractivity contribution is 0.190. The van der Waals surface area contributed by atoms with Gasteiger partial charge in [0.1, 0.15) is 12.1 Å². The summed E-state index contributed by atoms with van der Waals surface area (Å²) in [5.41, 5.74) is 8.07. The monoisotopic (exact) mass is 271 g/mol. The van der Waals surface area contributed by atoms with Gasteiger partial charge in [-0.1, -0.05) is 13.0 Å². The zero-order valence-electron chi connectivity index (χ0n) is 11.8. The Labute approximate surface area is 119 Å². The maximum absolute atomic E-state index is 5.86. The van der Waals surface area contributed by atoms with Gasteiger partial charge < -0.3 is 11.1 Å². The van der Waals surface area contributed by atoms with E-state index >= 15 is 0 Å². The number of rotatable bonds is 3. The van der Waals surface area contributed by atoms with Gasteiger partial charge in [0.25, 0.3) is 0 Å². The molecule has 5 nitrogen and oxygen atoms in total. The van der Waals surface area contributed by atoms with Crippen LogP contribution in [0.1, 0.15) is 18.9 Å². The van der Waals surface area contributed by atoms with Gasteiger partial charge in [-0.3, -0.25) is 4.90 Å². The van der Waals surface area contributed by atoms with Crippen molar-refractivity contribution >= 4 is 16.7 Å². The first kappa shape index (κ1) is 13.3. The van der Waals surface area contributed by atoms with Gasteiger partial charge in [0.2, 0.25) is 0 Å². The smallest absolute Gasteiger partial charge is 0.134 e. The first-order chi connectivity index (χ1) is 9.76. The van der Waals surface area contributed by atoms with Crippen molar-refractivity contribution < 1.29 is 0 Å². The molecule has 5 heteroatoms. The molecule has 1 fully saturated rings. The molecule has 1 aliphatic rings. The van der Waals surface area contributed by atoms with E-state index in [1.165, 1.54) is 18.3 Å². The third-order valence-electron chi connectivity index (χ3n) is 3.97. The largest absolute Gasteiger partial charge is 0.383 e. The molecule has 0 bridgehead atoms. The summed E-state index contributed by atoms with van der Waals surface area (Å²) in [4.78, 5) is 10.8. The fourth-order valence-corrected chi connectivity index (χ4v) is 2.79. The van der Waals surface area contributed by atoms with Crippen LogP contribution in [0, 0.1) is 0 Å². The fourth-order valence-electron chi connectivity index (χ4n) is 2.79. The summed E-state index contributed by atoms with van der Waals surface area (Å²) in [5.74, 6) is 0.551. The summed E-state index contributed by atoms with van der Waals surface area (Å²) in [6, 6.07) is 6.89. The van der Waals surface area contributed by atoms with E-state index in [1.807, 2.05) is 6.07 Å². The molecule has 1 atom stereocenters. The summed E-state index contributed by atoms with van der Waals surface area (Å²) in [6.07, 6.45) is 2.71. The van der Waals surface area contributed by atoms with Crippen LogP contribution in [0.15, 0.2) is 24.5 Å². The molecule has 0 spiro atoms. The van der Waals surface area contributed by atoms with Crippen LogP contribution >= 0.6 is 0 Å². The number of nitrogens with two attached hydrogens (primary N) is 1. The molecule has 20 heavy (non-hydrogen) atoms. The second-order valence-corrected chi connectivity index (χ2v) is 5.40. The fraction of sp³-hybridized carbons (Fsp3) is 0.467. The minimum Gasteiger partial charge on any atom is -0.383 e. The number of piperazine rings is 1. The zero-order chi connectivity index (χ0) is 13.9. The summed E-state index contributed by atoms with van der Waals surface area (Å²) < 4.78 is 0. The Bertz CT molecular complexity index is 598. The highest BCUT2D eigenvalue weighted by Gasteiger charge is 2.17. The first-order valence-corrected chi connectivity index (χ1v) is 7.21. The molecule has 0 saturated carbocycles. The molecule has 1 saturated heterocycles. The molecule has 1 unspecified atom stereocenters. The van der Waals surface area contributed by atoms with E-state index in [0.29, 0.717) is 11.9 Å². The van der Waals surface area contributed by atoms with Crippen molar-refractivity contribution in [1.29, 1.82) is 0 Å². The van der Waals surface area contributed by atoms with Crippen molar-refractivity contribution in [1.82, 2.24) is 20.2 Å². The normalized spacial score (nSPS) is 20.4. The number of anilines is 1. The summed E-state index contributed by atoms with van der Waals surface area (Å²) in [7, 11) is 0. The molecular formula is C15H21N5. The second-order valence-electron chi connectivity index (χ2n) is 5.40. The van der Waals surface area contributed by atoms with Gasteiger partial charge in [-0.15, -0.1) is 0 Å². The van der Waals surface area contributed by atoms with Gasteiger partial charge in [-0.2, -0.15) is 0 Å². The number of nitrogens with one attached hydrogen (secondary N) is 1. The maximum atomic E-state index is 5.86. The predicted octanol–water partition coefficient (Wildman–Crippen LogP) is 1.40. The minimum absolute atomic E-state index is 0.551. The highest BCUT2D eigenvalue weighted by molar-refractivity contribution is 5.87. The Hall–Kier alpha value is -1.72. The van der Waals surface area contributed by atoms with Gasteiger partial charge >= 0.3 is 0 Å². The Morgan fingerprint density at radius 2 is 2.30 bits per heavy atom. The second kappa shape index (κ2) is 5.73. The molecule has 0 aliphatic carbocycles. The number of aromatic nitrogens is 2. The van der Waals surface area contributed by atoms with Gasteiger partial charge in [-0.05, 0) is 24.1 Å². The van der Waals surface area contributed by atoms with E-state index in [4.69, 9.17) is 5.73 Å². The Morgan fingerprint density at radius 1 is 1.40 bits per heavy atom. The van der Waals surface area contributed by atoms with E-state index < -0.39 is 0 Å². The highest BCUT2D eigenvalue weighted by Crippen LogP contribution is 2.19. The Kier molecular flexibility index (Phi) is 3.80. The average molecular weight is 271 g/mol. The van der Waals surface area contributed by atoms with E-state index in [0.717, 1.165) is 37.1 Å². The molecular weight excluding hydrogens is 250 g/mol. The number of nitrogen functional groups attached to an aromatic ring is 1. The van der Waals surface area contributed by atoms with Crippen molar-refractivity contribution in [2.75, 3.05) is 25.4 Å². The third kappa shape index (κ3) is 2.73. The van der Waals surface area contributed by atoms with Crippen LogP contribution in [0.5, 0.6) is 0 Å². The average Bonchev–Trinajstić information content (AvgIpc) is 2.47. The van der Waals surface area contributed by atoms with Crippen molar-refractivity contribution in [3.05, 3.63) is 30.1 Å². The predicted molar refractivity (Wildman–Crippen MR) is 81.3 cm³/mol. The molecule has 1 aliphatic heterocycles. The van der Waals surface area contributed by atoms with E-state index in [-0.39, 0.29) is 0 Å². The number of hydrogen-bond donors (Lipinski definition) is 2. The van der Waals surface area contributed by atoms with E-state index in [2.05, 4.69) is 39.2 Å². The van der Waals surface area contributed by atoms with Crippen molar-refractivity contribution in [3.8, 4) is 0 Å². The van der Waals surface area contributed by atoms with Crippen LogP contribution in [0.3, 0.4) is 0 Å². The van der Waals surface area contributed by atoms with Crippen LogP contribution in [-0.4, -0.2) is 40.5 Å². The Morgan fingerprint density at radius 3 is 3.15 bits per heavy atom. The zero-order valence-corrected chi connectivity index (χ0v) is 11.8. The molecule has 2 aromatic rings. The van der Waals surface area contributed by atoms with Crippen molar-refractivity contribution in [3.63, 3.8) is 0 Å². The topological polar surface area (TPSA) is 67.1 Å². The number of hydrogen-bond acceptors (Lipinski definition) is 5. The molecule has 1 aromatic heterocycles. The van der Waals surface area contributed by atoms with Crippen LogP contribution in [0.2, 0.25) is 0 Å². The van der Waals surface area contributed by atoms with Gasteiger partial charge in [0, 0.05) is 37.6 Å². The number of nitrogens with zero attached hydrogens (tertiary/aromatic N) is 3. The Balaban J connectivity index is 1.77. The lowest BCUT2D eigenvalue weighted by Crippen LogP contribution is -2.49. The lowest BCUT2D eigenvalue weighted by atomic mass is 10.1. The maximum Gasteiger partial charge on any atom is 0.134 e. The van der Waals surface area contributed by atoms with Crippen LogP contribution < -0.4 is 11.1 Å². The molecule has 3 N–H and O–H groups in total. The summed E-state index contributed by atoms with van der Waals surface area (Å²) in [6.45, 7) is 6.48. The van der Waals surface area contributed by atoms with Crippen LogP contribution in [-0.2, 0) is 6.54 Å². The molecule has 0 radical (unpaired) electrons. The van der Waals surface area contributed by atoms with Gasteiger partial charge in [0.05, 0.1) is 5.52 Å². The third-order valence-corrected chi connectivity index (χ3v) is 3.97. The van der Waals surface area contributed by atoms with E-state index in [1.54, 1.807) is 0 Å². The molecule has 3 rings (SSSR count). The van der Waals surface area contributed by atoms with Gasteiger partial charge in [-0.25, -0.2) is 9.97 Å². The quantitative estimate of drug-likeness (QED) is 0.883. The SMILES string of the molecule is CCC1CN(Cc2ccc3c(N)ncnc3c2)CCN1. The molecule has 2 heterocycles. The minimum atomic E-state index is 0.551. The lowest BCUT2D eigenvalue weighted by Gasteiger charge is -2.33. The van der Waals surface area contributed by atoms with Crippen molar-refractivity contribution in [2.45, 2.75) is 25.9 Å².